The van der Waals surface area contributed by atoms with Crippen LogP contribution in [0, 0.1) is 0 Å². The van der Waals surface area contributed by atoms with Crippen LogP contribution in [-0.4, -0.2) is 68.5 Å². The van der Waals surface area contributed by atoms with Gasteiger partial charge in [-0.25, -0.2) is 0 Å². The third kappa shape index (κ3) is 44.8. The highest BCUT2D eigenvalue weighted by atomic mass is 31.2. The number of phosphoric acid groups is 1. The van der Waals surface area contributed by atoms with Crippen molar-refractivity contribution in [3.63, 3.8) is 0 Å². The molecule has 0 aliphatic carbocycles. The minimum Gasteiger partial charge on any atom is -0.756 e. The molecule has 0 aromatic rings. The maximum Gasteiger partial charge on any atom is 0.268 e. The lowest BCUT2D eigenvalue weighted by Crippen LogP contribution is -2.45. The van der Waals surface area contributed by atoms with Gasteiger partial charge in [0.15, 0.2) is 0 Å². The second-order valence-corrected chi connectivity index (χ2v) is 19.9. The molecule has 0 heterocycles. The van der Waals surface area contributed by atoms with Crippen molar-refractivity contribution in [3.05, 3.63) is 36.5 Å². The summed E-state index contributed by atoms with van der Waals surface area (Å²) in [5.41, 5.74) is 0. The molecule has 9 heteroatoms. The summed E-state index contributed by atoms with van der Waals surface area (Å²) in [5, 5.41) is 13.4. The van der Waals surface area contributed by atoms with E-state index in [1.165, 1.54) is 173 Å². The number of nitrogens with zero attached hydrogens (tertiary/aromatic N) is 1. The zero-order chi connectivity index (χ0) is 44.3. The van der Waals surface area contributed by atoms with Gasteiger partial charge in [0, 0.05) is 6.42 Å². The fourth-order valence-corrected chi connectivity index (χ4v) is 8.03. The van der Waals surface area contributed by atoms with Gasteiger partial charge < -0.3 is 28.8 Å². The number of amides is 1. The molecular formula is C51H99N2O6P. The third-order valence-corrected chi connectivity index (χ3v) is 12.3. The van der Waals surface area contributed by atoms with Crippen LogP contribution in [0.25, 0.3) is 0 Å². The minimum atomic E-state index is -4.56. The molecule has 0 aliphatic rings. The van der Waals surface area contributed by atoms with Crippen molar-refractivity contribution in [2.75, 3.05) is 40.9 Å². The summed E-state index contributed by atoms with van der Waals surface area (Å²) in [5.74, 6) is -0.207. The molecule has 2 N–H and O–H groups in total. The molecule has 3 atom stereocenters. The molecule has 0 saturated heterocycles. The van der Waals surface area contributed by atoms with Crippen LogP contribution in [-0.2, 0) is 18.4 Å². The van der Waals surface area contributed by atoms with E-state index in [-0.39, 0.29) is 19.1 Å². The molecule has 8 nitrogen and oxygen atoms in total. The average molecular weight is 867 g/mol. The van der Waals surface area contributed by atoms with Gasteiger partial charge in [0.25, 0.3) is 7.82 Å². The van der Waals surface area contributed by atoms with E-state index in [0.29, 0.717) is 17.4 Å². The fourth-order valence-electron chi connectivity index (χ4n) is 7.31. The minimum absolute atomic E-state index is 0.00154. The molecule has 0 bridgehead atoms. The lowest BCUT2D eigenvalue weighted by molar-refractivity contribution is -0.870. The van der Waals surface area contributed by atoms with Crippen molar-refractivity contribution in [1.29, 1.82) is 0 Å². The highest BCUT2D eigenvalue weighted by Gasteiger charge is 2.23. The maximum atomic E-state index is 12.7. The second kappa shape index (κ2) is 43.0. The molecule has 0 aromatic heterocycles. The third-order valence-electron chi connectivity index (χ3n) is 11.3. The summed E-state index contributed by atoms with van der Waals surface area (Å²) in [6.45, 7) is 4.42. The molecule has 3 unspecified atom stereocenters. The maximum absolute atomic E-state index is 12.7. The standard InChI is InChI=1S/C51H99N2O6P/c1-6-8-10-11-12-13-14-15-16-17-18-19-20-21-22-23-24-25-26-27-28-29-30-31-32-33-34-35-36-37-38-39-40-41-43-45-51(55)52-49(50(54)44-42-9-7-2)48-59-60(56,57)58-47-46-53(3,4)5/h14-15,17-18,42,44,49-50,54H,6-13,16,19-41,43,45-48H2,1-5H3,(H-,52,55,56,57)/b15-14-,18-17-,44-42+. The van der Waals surface area contributed by atoms with Crippen LogP contribution in [0.1, 0.15) is 232 Å². The van der Waals surface area contributed by atoms with E-state index < -0.39 is 20.0 Å². The van der Waals surface area contributed by atoms with E-state index >= 15 is 0 Å². The van der Waals surface area contributed by atoms with E-state index in [1.54, 1.807) is 6.08 Å². The number of phosphoric ester groups is 1. The van der Waals surface area contributed by atoms with Crippen LogP contribution in [0.15, 0.2) is 36.5 Å². The molecule has 354 valence electrons. The van der Waals surface area contributed by atoms with Gasteiger partial charge in [0.2, 0.25) is 5.91 Å². The Bertz CT molecular complexity index is 1070. The summed E-state index contributed by atoms with van der Waals surface area (Å²) in [6, 6.07) is -0.879. The van der Waals surface area contributed by atoms with E-state index in [1.807, 2.05) is 34.1 Å². The van der Waals surface area contributed by atoms with Crippen molar-refractivity contribution in [2.45, 2.75) is 244 Å². The SMILES string of the molecule is CCC/C=C/C(O)C(COP(=O)([O-])OCC[N+](C)(C)C)NC(=O)CCCCCCCCCCCCCCCCCCCCCCCCC/C=C\C/C=C\CCCCCCC. The van der Waals surface area contributed by atoms with Crippen LogP contribution in [0.2, 0.25) is 0 Å². The van der Waals surface area contributed by atoms with Gasteiger partial charge in [-0.3, -0.25) is 9.36 Å². The van der Waals surface area contributed by atoms with Crippen LogP contribution in [0.3, 0.4) is 0 Å². The second-order valence-electron chi connectivity index (χ2n) is 18.5. The number of nitrogens with one attached hydrogen (secondary N) is 1. The molecule has 60 heavy (non-hydrogen) atoms. The van der Waals surface area contributed by atoms with E-state index in [4.69, 9.17) is 9.05 Å². The summed E-state index contributed by atoms with van der Waals surface area (Å²) in [6.07, 6.45) is 54.8. The highest BCUT2D eigenvalue weighted by molar-refractivity contribution is 7.45. The number of carbonyl (C=O) groups excluding carboxylic acids is 1. The summed E-state index contributed by atoms with van der Waals surface area (Å²) >= 11 is 0. The Morgan fingerprint density at radius 2 is 1.00 bits per heavy atom. The van der Waals surface area contributed by atoms with Crippen LogP contribution < -0.4 is 10.2 Å². The van der Waals surface area contributed by atoms with Crippen LogP contribution in [0.5, 0.6) is 0 Å². The van der Waals surface area contributed by atoms with Crippen molar-refractivity contribution in [2.24, 2.45) is 0 Å². The number of hydrogen-bond acceptors (Lipinski definition) is 6. The first kappa shape index (κ1) is 58.7. The van der Waals surface area contributed by atoms with Crippen molar-refractivity contribution >= 4 is 13.7 Å². The monoisotopic (exact) mass is 867 g/mol. The van der Waals surface area contributed by atoms with Crippen molar-refractivity contribution in [1.82, 2.24) is 5.32 Å². The first-order valence-corrected chi connectivity index (χ1v) is 26.8. The zero-order valence-electron chi connectivity index (χ0n) is 40.2. The Hall–Kier alpha value is -1.28. The molecular weight excluding hydrogens is 768 g/mol. The van der Waals surface area contributed by atoms with Gasteiger partial charge in [-0.1, -0.05) is 217 Å². The number of unbranched alkanes of at least 4 members (excludes halogenated alkanes) is 29. The predicted octanol–water partition coefficient (Wildman–Crippen LogP) is 14.0. The molecule has 0 rings (SSSR count). The van der Waals surface area contributed by atoms with Gasteiger partial charge in [-0.2, -0.15) is 0 Å². The Kier molecular flexibility index (Phi) is 42.1. The van der Waals surface area contributed by atoms with E-state index in [9.17, 15) is 19.4 Å². The Balaban J connectivity index is 3.66. The first-order valence-electron chi connectivity index (χ1n) is 25.4. The molecule has 0 aliphatic heterocycles. The Morgan fingerprint density at radius 1 is 0.583 bits per heavy atom. The quantitative estimate of drug-likeness (QED) is 0.0273. The first-order chi connectivity index (χ1) is 29.0. The molecule has 0 aromatic carbocycles. The van der Waals surface area contributed by atoms with Gasteiger partial charge in [0.05, 0.1) is 39.9 Å². The fraction of sp³-hybridized carbons (Fsp3) is 0.863. The van der Waals surface area contributed by atoms with Crippen LogP contribution in [0.4, 0.5) is 0 Å². The number of likely N-dealkylation sites (N-methyl/N-ethyl adjacent to an activating group) is 1. The number of quaternary nitrogens is 1. The van der Waals surface area contributed by atoms with E-state index in [0.717, 1.165) is 38.5 Å². The Labute approximate surface area is 372 Å². The highest BCUT2D eigenvalue weighted by Crippen LogP contribution is 2.38. The molecule has 0 spiro atoms. The van der Waals surface area contributed by atoms with E-state index in [2.05, 4.69) is 36.5 Å². The van der Waals surface area contributed by atoms with Gasteiger partial charge in [-0.15, -0.1) is 0 Å². The molecule has 1 amide bonds. The van der Waals surface area contributed by atoms with Crippen molar-refractivity contribution in [3.8, 4) is 0 Å². The summed E-state index contributed by atoms with van der Waals surface area (Å²) in [7, 11) is 1.26. The summed E-state index contributed by atoms with van der Waals surface area (Å²) < 4.78 is 22.9. The Morgan fingerprint density at radius 3 is 1.42 bits per heavy atom. The normalized spacial score (nSPS) is 14.4. The van der Waals surface area contributed by atoms with Crippen LogP contribution >= 0.6 is 7.82 Å². The summed E-state index contributed by atoms with van der Waals surface area (Å²) in [4.78, 5) is 25.0. The van der Waals surface area contributed by atoms with Gasteiger partial charge in [0.1, 0.15) is 13.2 Å². The predicted molar refractivity (Wildman–Crippen MR) is 256 cm³/mol. The average Bonchev–Trinajstić information content (AvgIpc) is 3.20. The number of aliphatic hydroxyl groups is 1. The molecule has 0 saturated carbocycles. The zero-order valence-corrected chi connectivity index (χ0v) is 41.1. The molecule has 0 fully saturated rings. The number of carbonyl (C=O) groups is 1. The van der Waals surface area contributed by atoms with Gasteiger partial charge in [-0.05, 0) is 44.9 Å². The number of aliphatic hydroxyl groups excluding tert-OH is 1. The van der Waals surface area contributed by atoms with Crippen molar-refractivity contribution < 1.29 is 32.9 Å². The lowest BCUT2D eigenvalue weighted by Gasteiger charge is -2.29. The number of allylic oxidation sites excluding steroid dienone is 5. The number of hydrogen-bond donors (Lipinski definition) is 2. The molecule has 0 radical (unpaired) electrons. The largest absolute Gasteiger partial charge is 0.756 e. The smallest absolute Gasteiger partial charge is 0.268 e. The lowest BCUT2D eigenvalue weighted by atomic mass is 10.0. The number of rotatable bonds is 46. The topological polar surface area (TPSA) is 108 Å². The van der Waals surface area contributed by atoms with Gasteiger partial charge >= 0.3 is 0 Å².